The summed E-state index contributed by atoms with van der Waals surface area (Å²) in [4.78, 5) is 15.8. The molecule has 0 saturated heterocycles. The molecule has 0 fully saturated rings. The SMILES string of the molecule is Cc1ccc(=O)n(-c2ccc(C)nc2)c1. The van der Waals surface area contributed by atoms with E-state index in [1.165, 1.54) is 0 Å². The van der Waals surface area contributed by atoms with Crippen molar-refractivity contribution in [1.29, 1.82) is 0 Å². The Kier molecular flexibility index (Phi) is 2.37. The van der Waals surface area contributed by atoms with Crippen molar-refractivity contribution in [3.8, 4) is 5.69 Å². The summed E-state index contributed by atoms with van der Waals surface area (Å²) in [5, 5.41) is 0. The molecule has 3 nitrogen and oxygen atoms in total. The van der Waals surface area contributed by atoms with Crippen molar-refractivity contribution in [1.82, 2.24) is 9.55 Å². The van der Waals surface area contributed by atoms with E-state index >= 15 is 0 Å². The standard InChI is InChI=1S/C12H12N2O/c1-9-3-6-12(15)14(8-9)11-5-4-10(2)13-7-11/h3-8H,1-2H3. The average Bonchev–Trinajstić information content (AvgIpc) is 2.23. The molecule has 3 heteroatoms. The number of aromatic nitrogens is 2. The summed E-state index contributed by atoms with van der Waals surface area (Å²) in [6.07, 6.45) is 3.52. The highest BCUT2D eigenvalue weighted by Crippen LogP contribution is 2.04. The quantitative estimate of drug-likeness (QED) is 0.704. The highest BCUT2D eigenvalue weighted by atomic mass is 16.1. The van der Waals surface area contributed by atoms with E-state index in [9.17, 15) is 4.79 Å². The van der Waals surface area contributed by atoms with Gasteiger partial charge < -0.3 is 0 Å². The molecule has 0 saturated carbocycles. The molecular formula is C12H12N2O. The van der Waals surface area contributed by atoms with Gasteiger partial charge >= 0.3 is 0 Å². The number of rotatable bonds is 1. The van der Waals surface area contributed by atoms with Crippen molar-refractivity contribution in [3.63, 3.8) is 0 Å². The minimum absolute atomic E-state index is 0.0359. The van der Waals surface area contributed by atoms with E-state index in [1.54, 1.807) is 22.9 Å². The van der Waals surface area contributed by atoms with Crippen LogP contribution in [0.25, 0.3) is 5.69 Å². The molecule has 2 rings (SSSR count). The first kappa shape index (κ1) is 9.65. The fourth-order valence-electron chi connectivity index (χ4n) is 1.40. The van der Waals surface area contributed by atoms with Gasteiger partial charge in [0.05, 0.1) is 11.9 Å². The Morgan fingerprint density at radius 2 is 1.93 bits per heavy atom. The van der Waals surface area contributed by atoms with E-state index in [2.05, 4.69) is 4.98 Å². The summed E-state index contributed by atoms with van der Waals surface area (Å²) in [6, 6.07) is 7.16. The van der Waals surface area contributed by atoms with Crippen molar-refractivity contribution in [2.75, 3.05) is 0 Å². The largest absolute Gasteiger partial charge is 0.282 e. The van der Waals surface area contributed by atoms with Crippen LogP contribution in [0.1, 0.15) is 11.3 Å². The number of hydrogen-bond donors (Lipinski definition) is 0. The van der Waals surface area contributed by atoms with Crippen LogP contribution in [0.15, 0.2) is 41.5 Å². The van der Waals surface area contributed by atoms with E-state index in [0.717, 1.165) is 16.9 Å². The molecule has 0 aliphatic heterocycles. The van der Waals surface area contributed by atoms with E-state index in [4.69, 9.17) is 0 Å². The van der Waals surface area contributed by atoms with Crippen molar-refractivity contribution < 1.29 is 0 Å². The molecule has 0 aliphatic rings. The Morgan fingerprint density at radius 1 is 1.13 bits per heavy atom. The number of pyridine rings is 2. The zero-order chi connectivity index (χ0) is 10.8. The molecule has 76 valence electrons. The smallest absolute Gasteiger partial charge is 0.255 e. The lowest BCUT2D eigenvalue weighted by Crippen LogP contribution is -2.16. The Bertz CT molecular complexity index is 526. The first-order valence-electron chi connectivity index (χ1n) is 4.79. The third-order valence-electron chi connectivity index (χ3n) is 2.23. The van der Waals surface area contributed by atoms with Crippen LogP contribution >= 0.6 is 0 Å². The van der Waals surface area contributed by atoms with Crippen LogP contribution in [0.3, 0.4) is 0 Å². The Labute approximate surface area is 88.0 Å². The van der Waals surface area contributed by atoms with Crippen LogP contribution in [-0.4, -0.2) is 9.55 Å². The zero-order valence-corrected chi connectivity index (χ0v) is 8.77. The van der Waals surface area contributed by atoms with Gasteiger partial charge in [0, 0.05) is 18.0 Å². The second kappa shape index (κ2) is 3.69. The zero-order valence-electron chi connectivity index (χ0n) is 8.77. The van der Waals surface area contributed by atoms with Crippen molar-refractivity contribution in [3.05, 3.63) is 58.3 Å². The van der Waals surface area contributed by atoms with Gasteiger partial charge in [-0.05, 0) is 31.5 Å². The molecule has 0 bridgehead atoms. The molecule has 2 heterocycles. The van der Waals surface area contributed by atoms with Crippen LogP contribution in [-0.2, 0) is 0 Å². The molecule has 0 unspecified atom stereocenters. The molecule has 0 radical (unpaired) electrons. The molecule has 0 amide bonds. The van der Waals surface area contributed by atoms with Crippen LogP contribution in [0.5, 0.6) is 0 Å². The van der Waals surface area contributed by atoms with Gasteiger partial charge in [-0.1, -0.05) is 6.07 Å². The highest BCUT2D eigenvalue weighted by molar-refractivity contribution is 5.30. The Balaban J connectivity index is 2.58. The third-order valence-corrected chi connectivity index (χ3v) is 2.23. The molecule has 2 aromatic rings. The summed E-state index contributed by atoms with van der Waals surface area (Å²) in [5.41, 5.74) is 2.76. The Hall–Kier alpha value is -1.90. The van der Waals surface area contributed by atoms with Gasteiger partial charge in [0.2, 0.25) is 0 Å². The van der Waals surface area contributed by atoms with Gasteiger partial charge in [0.25, 0.3) is 5.56 Å². The summed E-state index contributed by atoms with van der Waals surface area (Å²) in [6.45, 7) is 3.88. The van der Waals surface area contributed by atoms with E-state index in [0.29, 0.717) is 0 Å². The van der Waals surface area contributed by atoms with Crippen LogP contribution in [0.4, 0.5) is 0 Å². The fourth-order valence-corrected chi connectivity index (χ4v) is 1.40. The number of aryl methyl sites for hydroxylation is 2. The second-order valence-electron chi connectivity index (χ2n) is 3.57. The van der Waals surface area contributed by atoms with Crippen molar-refractivity contribution >= 4 is 0 Å². The summed E-state index contributed by atoms with van der Waals surface area (Å²) in [5.74, 6) is 0. The lowest BCUT2D eigenvalue weighted by Gasteiger charge is -2.05. The summed E-state index contributed by atoms with van der Waals surface area (Å²) in [7, 11) is 0. The van der Waals surface area contributed by atoms with Crippen LogP contribution in [0.2, 0.25) is 0 Å². The molecule has 0 spiro atoms. The molecular weight excluding hydrogens is 188 g/mol. The van der Waals surface area contributed by atoms with E-state index < -0.39 is 0 Å². The van der Waals surface area contributed by atoms with Gasteiger partial charge in [-0.2, -0.15) is 0 Å². The number of nitrogens with zero attached hydrogens (tertiary/aromatic N) is 2. The summed E-state index contributed by atoms with van der Waals surface area (Å²) >= 11 is 0. The highest BCUT2D eigenvalue weighted by Gasteiger charge is 1.99. The fraction of sp³-hybridized carbons (Fsp3) is 0.167. The molecule has 2 aromatic heterocycles. The van der Waals surface area contributed by atoms with Crippen molar-refractivity contribution in [2.45, 2.75) is 13.8 Å². The number of hydrogen-bond acceptors (Lipinski definition) is 2. The maximum absolute atomic E-state index is 11.6. The van der Waals surface area contributed by atoms with Gasteiger partial charge in [-0.25, -0.2) is 0 Å². The third kappa shape index (κ3) is 1.96. The molecule has 0 atom stereocenters. The monoisotopic (exact) mass is 200 g/mol. The lowest BCUT2D eigenvalue weighted by molar-refractivity contribution is 0.960. The van der Waals surface area contributed by atoms with Crippen molar-refractivity contribution in [2.24, 2.45) is 0 Å². The first-order valence-corrected chi connectivity index (χ1v) is 4.79. The predicted molar refractivity (Wildman–Crippen MR) is 59.3 cm³/mol. The van der Waals surface area contributed by atoms with E-state index in [-0.39, 0.29) is 5.56 Å². The maximum atomic E-state index is 11.6. The van der Waals surface area contributed by atoms with Crippen LogP contribution < -0.4 is 5.56 Å². The molecule has 15 heavy (non-hydrogen) atoms. The molecule has 0 aliphatic carbocycles. The Morgan fingerprint density at radius 3 is 2.60 bits per heavy atom. The first-order chi connectivity index (χ1) is 7.16. The average molecular weight is 200 g/mol. The maximum Gasteiger partial charge on any atom is 0.255 e. The second-order valence-corrected chi connectivity index (χ2v) is 3.57. The molecule has 0 aromatic carbocycles. The minimum Gasteiger partial charge on any atom is -0.282 e. The molecule has 0 N–H and O–H groups in total. The predicted octanol–water partition coefficient (Wildman–Crippen LogP) is 1.85. The van der Waals surface area contributed by atoms with Crippen LogP contribution in [0, 0.1) is 13.8 Å². The minimum atomic E-state index is -0.0359. The lowest BCUT2D eigenvalue weighted by atomic mass is 10.3. The normalized spacial score (nSPS) is 10.3. The van der Waals surface area contributed by atoms with Gasteiger partial charge in [-0.3, -0.25) is 14.3 Å². The van der Waals surface area contributed by atoms with Gasteiger partial charge in [0.1, 0.15) is 0 Å². The summed E-state index contributed by atoms with van der Waals surface area (Å²) < 4.78 is 1.60. The topological polar surface area (TPSA) is 34.9 Å². The van der Waals surface area contributed by atoms with E-state index in [1.807, 2.05) is 32.2 Å². The van der Waals surface area contributed by atoms with Gasteiger partial charge in [0.15, 0.2) is 0 Å². The van der Waals surface area contributed by atoms with Gasteiger partial charge in [-0.15, -0.1) is 0 Å².